The maximum Gasteiger partial charge on any atom is 0.574 e. The molecule has 72 valence electrons. The topological polar surface area (TPSA) is 22.1 Å². The van der Waals surface area contributed by atoms with E-state index in [9.17, 15) is 13.2 Å². The molecule has 0 aliphatic heterocycles. The number of alkyl halides is 3. The summed E-state index contributed by atoms with van der Waals surface area (Å²) in [5, 5.41) is 0. The summed E-state index contributed by atoms with van der Waals surface area (Å²) in [7, 11) is 0. The minimum Gasteiger partial charge on any atom is -0.388 e. The highest BCUT2D eigenvalue weighted by Gasteiger charge is 2.32. The van der Waals surface area contributed by atoms with Crippen LogP contribution < -0.4 is 4.74 Å². The molecule has 0 atom stereocenters. The van der Waals surface area contributed by atoms with E-state index in [4.69, 9.17) is 0 Å². The molecule has 1 aromatic rings. The van der Waals surface area contributed by atoms with Crippen molar-refractivity contribution in [3.8, 4) is 5.88 Å². The first-order chi connectivity index (χ1) is 5.90. The SMILES string of the molecule is Cc1ccnc(OC(F)(F)F)c1C. The molecule has 0 aromatic carbocycles. The van der Waals surface area contributed by atoms with Gasteiger partial charge < -0.3 is 4.74 Å². The van der Waals surface area contributed by atoms with Gasteiger partial charge in [0.15, 0.2) is 0 Å². The van der Waals surface area contributed by atoms with E-state index >= 15 is 0 Å². The van der Waals surface area contributed by atoms with E-state index in [0.717, 1.165) is 0 Å². The predicted octanol–water partition coefficient (Wildman–Crippen LogP) is 2.60. The third kappa shape index (κ3) is 2.61. The van der Waals surface area contributed by atoms with Gasteiger partial charge in [-0.1, -0.05) is 0 Å². The first-order valence-corrected chi connectivity index (χ1v) is 3.58. The van der Waals surface area contributed by atoms with E-state index in [1.165, 1.54) is 13.1 Å². The highest BCUT2D eigenvalue weighted by Crippen LogP contribution is 2.24. The summed E-state index contributed by atoms with van der Waals surface area (Å²) in [5.41, 5.74) is 1.12. The van der Waals surface area contributed by atoms with Crippen molar-refractivity contribution >= 4 is 0 Å². The van der Waals surface area contributed by atoms with Crippen LogP contribution in [-0.2, 0) is 0 Å². The maximum atomic E-state index is 11.8. The van der Waals surface area contributed by atoms with Gasteiger partial charge in [0, 0.05) is 11.8 Å². The summed E-state index contributed by atoms with van der Waals surface area (Å²) >= 11 is 0. The molecule has 13 heavy (non-hydrogen) atoms. The van der Waals surface area contributed by atoms with Crippen LogP contribution >= 0.6 is 0 Å². The minimum atomic E-state index is -4.68. The van der Waals surface area contributed by atoms with Gasteiger partial charge in [-0.05, 0) is 25.5 Å². The molecule has 1 heterocycles. The molecule has 0 radical (unpaired) electrons. The average molecular weight is 191 g/mol. The van der Waals surface area contributed by atoms with Gasteiger partial charge in [0.1, 0.15) is 0 Å². The molecule has 0 bridgehead atoms. The Hall–Kier alpha value is -1.26. The van der Waals surface area contributed by atoms with Crippen LogP contribution in [-0.4, -0.2) is 11.3 Å². The van der Waals surface area contributed by atoms with Crippen LogP contribution in [0.25, 0.3) is 0 Å². The normalized spacial score (nSPS) is 11.5. The van der Waals surface area contributed by atoms with Crippen LogP contribution in [0.5, 0.6) is 5.88 Å². The van der Waals surface area contributed by atoms with Crippen molar-refractivity contribution in [1.82, 2.24) is 4.98 Å². The van der Waals surface area contributed by atoms with Crippen molar-refractivity contribution in [2.75, 3.05) is 0 Å². The lowest BCUT2D eigenvalue weighted by atomic mass is 10.2. The van der Waals surface area contributed by atoms with Crippen LogP contribution in [0.15, 0.2) is 12.3 Å². The van der Waals surface area contributed by atoms with Gasteiger partial charge in [0.25, 0.3) is 0 Å². The second-order valence-corrected chi connectivity index (χ2v) is 2.61. The summed E-state index contributed by atoms with van der Waals surface area (Å²) in [6, 6.07) is 1.62. The molecule has 0 spiro atoms. The Morgan fingerprint density at radius 1 is 1.31 bits per heavy atom. The van der Waals surface area contributed by atoms with E-state index < -0.39 is 6.36 Å². The molecule has 0 aliphatic carbocycles. The molecule has 0 aliphatic rings. The zero-order chi connectivity index (χ0) is 10.1. The largest absolute Gasteiger partial charge is 0.574 e. The number of aromatic nitrogens is 1. The summed E-state index contributed by atoms with van der Waals surface area (Å²) in [6.45, 7) is 3.23. The van der Waals surface area contributed by atoms with Crippen molar-refractivity contribution in [2.24, 2.45) is 0 Å². The van der Waals surface area contributed by atoms with Crippen molar-refractivity contribution in [1.29, 1.82) is 0 Å². The van der Waals surface area contributed by atoms with Crippen LogP contribution in [0.2, 0.25) is 0 Å². The Morgan fingerprint density at radius 2 is 1.92 bits per heavy atom. The highest BCUT2D eigenvalue weighted by atomic mass is 19.4. The predicted molar refractivity (Wildman–Crippen MR) is 40.4 cm³/mol. The van der Waals surface area contributed by atoms with Crippen LogP contribution in [0.4, 0.5) is 13.2 Å². The van der Waals surface area contributed by atoms with Crippen molar-refractivity contribution in [3.05, 3.63) is 23.4 Å². The summed E-state index contributed by atoms with van der Waals surface area (Å²) in [5.74, 6) is -0.382. The third-order valence-corrected chi connectivity index (χ3v) is 1.64. The number of pyridine rings is 1. The molecule has 1 aromatic heterocycles. The fraction of sp³-hybridized carbons (Fsp3) is 0.375. The lowest BCUT2D eigenvalue weighted by Crippen LogP contribution is -2.18. The third-order valence-electron chi connectivity index (χ3n) is 1.64. The number of halogens is 3. The fourth-order valence-electron chi connectivity index (χ4n) is 0.820. The van der Waals surface area contributed by atoms with E-state index in [-0.39, 0.29) is 5.88 Å². The Bertz CT molecular complexity index is 309. The van der Waals surface area contributed by atoms with Crippen molar-refractivity contribution < 1.29 is 17.9 Å². The Morgan fingerprint density at radius 3 is 2.46 bits per heavy atom. The molecule has 2 nitrogen and oxygen atoms in total. The molecule has 0 saturated heterocycles. The van der Waals surface area contributed by atoms with Gasteiger partial charge in [0.2, 0.25) is 5.88 Å². The highest BCUT2D eigenvalue weighted by molar-refractivity contribution is 5.31. The van der Waals surface area contributed by atoms with Crippen LogP contribution in [0.1, 0.15) is 11.1 Å². The first kappa shape index (κ1) is 9.83. The number of nitrogens with zero attached hydrogens (tertiary/aromatic N) is 1. The summed E-state index contributed by atoms with van der Waals surface area (Å²) < 4.78 is 39.1. The monoisotopic (exact) mass is 191 g/mol. The Kier molecular flexibility index (Phi) is 2.45. The van der Waals surface area contributed by atoms with Gasteiger partial charge in [-0.25, -0.2) is 4.98 Å². The first-order valence-electron chi connectivity index (χ1n) is 3.58. The molecule has 0 fully saturated rings. The molecule has 0 unspecified atom stereocenters. The molecular formula is C8H8F3NO. The van der Waals surface area contributed by atoms with Crippen molar-refractivity contribution in [3.63, 3.8) is 0 Å². The average Bonchev–Trinajstić information content (AvgIpc) is 1.96. The molecule has 0 N–H and O–H groups in total. The zero-order valence-corrected chi connectivity index (χ0v) is 7.14. The second-order valence-electron chi connectivity index (χ2n) is 2.61. The van der Waals surface area contributed by atoms with E-state index in [1.54, 1.807) is 13.0 Å². The zero-order valence-electron chi connectivity index (χ0n) is 7.14. The number of hydrogen-bond acceptors (Lipinski definition) is 2. The molecule has 0 amide bonds. The maximum absolute atomic E-state index is 11.8. The lowest BCUT2D eigenvalue weighted by Gasteiger charge is -2.10. The van der Waals surface area contributed by atoms with Crippen LogP contribution in [0, 0.1) is 13.8 Å². The number of rotatable bonds is 1. The Labute approximate surface area is 73.4 Å². The van der Waals surface area contributed by atoms with Crippen LogP contribution in [0.3, 0.4) is 0 Å². The van der Waals surface area contributed by atoms with Gasteiger partial charge in [-0.15, -0.1) is 13.2 Å². The van der Waals surface area contributed by atoms with Gasteiger partial charge in [-0.3, -0.25) is 0 Å². The van der Waals surface area contributed by atoms with E-state index in [1.807, 2.05) is 0 Å². The number of aryl methyl sites for hydroxylation is 1. The molecule has 0 saturated carbocycles. The summed E-state index contributed by atoms with van der Waals surface area (Å²) in [4.78, 5) is 3.48. The molecule has 1 rings (SSSR count). The number of ether oxygens (including phenoxy) is 1. The fourth-order valence-corrected chi connectivity index (χ4v) is 0.820. The van der Waals surface area contributed by atoms with Crippen molar-refractivity contribution in [2.45, 2.75) is 20.2 Å². The van der Waals surface area contributed by atoms with Gasteiger partial charge >= 0.3 is 6.36 Å². The lowest BCUT2D eigenvalue weighted by molar-refractivity contribution is -0.276. The summed E-state index contributed by atoms with van der Waals surface area (Å²) in [6.07, 6.45) is -3.39. The smallest absolute Gasteiger partial charge is 0.388 e. The van der Waals surface area contributed by atoms with Gasteiger partial charge in [0.05, 0.1) is 0 Å². The van der Waals surface area contributed by atoms with E-state index in [0.29, 0.717) is 11.1 Å². The molecular weight excluding hydrogens is 183 g/mol. The second kappa shape index (κ2) is 3.24. The number of hydrogen-bond donors (Lipinski definition) is 0. The van der Waals surface area contributed by atoms with E-state index in [2.05, 4.69) is 9.72 Å². The van der Waals surface area contributed by atoms with Gasteiger partial charge in [-0.2, -0.15) is 0 Å². The minimum absolute atomic E-state index is 0.382. The quantitative estimate of drug-likeness (QED) is 0.680. The standard InChI is InChI=1S/C8H8F3NO/c1-5-3-4-12-7(6(5)2)13-8(9,10)11/h3-4H,1-2H3. The molecule has 5 heteroatoms. The Balaban J connectivity index is 2.96.